The molecule has 0 fully saturated rings. The van der Waals surface area contributed by atoms with E-state index in [2.05, 4.69) is 0 Å². The zero-order chi connectivity index (χ0) is 13.5. The van der Waals surface area contributed by atoms with Crippen LogP contribution < -0.4 is 0 Å². The number of benzene rings is 2. The SMILES string of the molecule is CC(=O)CCOC(c1ccccc1)c1ccccc1. The highest BCUT2D eigenvalue weighted by Gasteiger charge is 2.14. The second kappa shape index (κ2) is 6.86. The lowest BCUT2D eigenvalue weighted by molar-refractivity contribution is -0.118. The lowest BCUT2D eigenvalue weighted by Gasteiger charge is -2.18. The highest BCUT2D eigenvalue weighted by molar-refractivity contribution is 5.75. The lowest BCUT2D eigenvalue weighted by atomic mass is 10.0. The Morgan fingerprint density at radius 2 is 1.42 bits per heavy atom. The summed E-state index contributed by atoms with van der Waals surface area (Å²) in [4.78, 5) is 11.0. The van der Waals surface area contributed by atoms with E-state index in [1.165, 1.54) is 0 Å². The number of ketones is 1. The Labute approximate surface area is 114 Å². The summed E-state index contributed by atoms with van der Waals surface area (Å²) in [6, 6.07) is 20.2. The molecule has 0 aliphatic heterocycles. The predicted molar refractivity (Wildman–Crippen MR) is 76.0 cm³/mol. The monoisotopic (exact) mass is 254 g/mol. The van der Waals surface area contributed by atoms with Crippen LogP contribution in [0.25, 0.3) is 0 Å². The van der Waals surface area contributed by atoms with Gasteiger partial charge < -0.3 is 4.74 Å². The molecule has 2 nitrogen and oxygen atoms in total. The molecular formula is C17H18O2. The molecule has 0 aliphatic rings. The van der Waals surface area contributed by atoms with E-state index in [0.717, 1.165) is 11.1 Å². The van der Waals surface area contributed by atoms with E-state index in [9.17, 15) is 4.79 Å². The first-order chi connectivity index (χ1) is 9.27. The Hall–Kier alpha value is -1.93. The summed E-state index contributed by atoms with van der Waals surface area (Å²) in [5.41, 5.74) is 2.22. The number of carbonyl (C=O) groups is 1. The van der Waals surface area contributed by atoms with Gasteiger partial charge in [0.05, 0.1) is 6.61 Å². The second-order valence-electron chi connectivity index (χ2n) is 4.52. The third-order valence-corrected chi connectivity index (χ3v) is 2.94. The molecule has 19 heavy (non-hydrogen) atoms. The van der Waals surface area contributed by atoms with Gasteiger partial charge in [-0.1, -0.05) is 60.7 Å². The van der Waals surface area contributed by atoms with Crippen LogP contribution >= 0.6 is 0 Å². The van der Waals surface area contributed by atoms with E-state index in [4.69, 9.17) is 4.74 Å². The van der Waals surface area contributed by atoms with Crippen molar-refractivity contribution in [3.05, 3.63) is 71.8 Å². The summed E-state index contributed by atoms with van der Waals surface area (Å²) in [7, 11) is 0. The number of hydrogen-bond donors (Lipinski definition) is 0. The molecule has 0 aliphatic carbocycles. The average Bonchev–Trinajstić information content (AvgIpc) is 2.45. The molecule has 0 saturated carbocycles. The zero-order valence-electron chi connectivity index (χ0n) is 11.1. The fourth-order valence-electron chi connectivity index (χ4n) is 1.96. The Bertz CT molecular complexity index is 466. The molecule has 0 bridgehead atoms. The molecule has 0 unspecified atom stereocenters. The number of Topliss-reactive ketones (excluding diaryl/α,β-unsaturated/α-hetero) is 1. The summed E-state index contributed by atoms with van der Waals surface area (Å²) in [5, 5.41) is 0. The van der Waals surface area contributed by atoms with Crippen LogP contribution in [0.15, 0.2) is 60.7 Å². The Balaban J connectivity index is 2.17. The van der Waals surface area contributed by atoms with Crippen molar-refractivity contribution in [3.8, 4) is 0 Å². The van der Waals surface area contributed by atoms with Crippen molar-refractivity contribution in [3.63, 3.8) is 0 Å². The summed E-state index contributed by atoms with van der Waals surface area (Å²) < 4.78 is 5.90. The summed E-state index contributed by atoms with van der Waals surface area (Å²) in [6.45, 7) is 2.03. The van der Waals surface area contributed by atoms with Gasteiger partial charge in [-0.3, -0.25) is 4.79 Å². The first-order valence-corrected chi connectivity index (χ1v) is 6.48. The predicted octanol–water partition coefficient (Wildman–Crippen LogP) is 3.77. The standard InChI is InChI=1S/C17H18O2/c1-14(18)12-13-19-17(15-8-4-2-5-9-15)16-10-6-3-7-11-16/h2-11,17H,12-13H2,1H3. The minimum atomic E-state index is -0.109. The third kappa shape index (κ3) is 4.04. The molecule has 2 rings (SSSR count). The largest absolute Gasteiger partial charge is 0.368 e. The highest BCUT2D eigenvalue weighted by Crippen LogP contribution is 2.25. The van der Waals surface area contributed by atoms with E-state index in [1.807, 2.05) is 60.7 Å². The average molecular weight is 254 g/mol. The van der Waals surface area contributed by atoms with Gasteiger partial charge >= 0.3 is 0 Å². The van der Waals surface area contributed by atoms with Crippen molar-refractivity contribution in [1.29, 1.82) is 0 Å². The molecule has 0 spiro atoms. The second-order valence-corrected chi connectivity index (χ2v) is 4.52. The van der Waals surface area contributed by atoms with Crippen molar-refractivity contribution in [1.82, 2.24) is 0 Å². The third-order valence-electron chi connectivity index (χ3n) is 2.94. The Morgan fingerprint density at radius 3 is 1.84 bits per heavy atom. The van der Waals surface area contributed by atoms with Crippen molar-refractivity contribution in [2.75, 3.05) is 6.61 Å². The van der Waals surface area contributed by atoms with Gasteiger partial charge in [-0.05, 0) is 18.1 Å². The first-order valence-electron chi connectivity index (χ1n) is 6.48. The first kappa shape index (κ1) is 13.5. The number of rotatable bonds is 6. The van der Waals surface area contributed by atoms with E-state index < -0.39 is 0 Å². The van der Waals surface area contributed by atoms with Crippen LogP contribution in [0.1, 0.15) is 30.6 Å². The Kier molecular flexibility index (Phi) is 4.87. The molecule has 2 aromatic carbocycles. The van der Waals surface area contributed by atoms with Gasteiger partial charge in [-0.25, -0.2) is 0 Å². The van der Waals surface area contributed by atoms with Crippen molar-refractivity contribution in [2.24, 2.45) is 0 Å². The quantitative estimate of drug-likeness (QED) is 0.784. The van der Waals surface area contributed by atoms with Gasteiger partial charge in [0.2, 0.25) is 0 Å². The maximum absolute atomic E-state index is 11.0. The topological polar surface area (TPSA) is 26.3 Å². The number of carbonyl (C=O) groups excluding carboxylic acids is 1. The molecule has 0 N–H and O–H groups in total. The van der Waals surface area contributed by atoms with Crippen molar-refractivity contribution in [2.45, 2.75) is 19.4 Å². The van der Waals surface area contributed by atoms with E-state index in [-0.39, 0.29) is 11.9 Å². The molecule has 2 heteroatoms. The van der Waals surface area contributed by atoms with E-state index in [0.29, 0.717) is 13.0 Å². The normalized spacial score (nSPS) is 10.6. The maximum atomic E-state index is 11.0. The van der Waals surface area contributed by atoms with Gasteiger partial charge in [0, 0.05) is 6.42 Å². The van der Waals surface area contributed by atoms with Crippen LogP contribution in [0, 0.1) is 0 Å². The van der Waals surface area contributed by atoms with Crippen LogP contribution in [0.4, 0.5) is 0 Å². The fourth-order valence-corrected chi connectivity index (χ4v) is 1.96. The zero-order valence-corrected chi connectivity index (χ0v) is 11.1. The molecule has 2 aromatic rings. The molecular weight excluding hydrogens is 236 g/mol. The molecule has 0 atom stereocenters. The van der Waals surface area contributed by atoms with Gasteiger partial charge in [0.1, 0.15) is 11.9 Å². The van der Waals surface area contributed by atoms with Crippen LogP contribution in [-0.4, -0.2) is 12.4 Å². The van der Waals surface area contributed by atoms with Gasteiger partial charge in [-0.2, -0.15) is 0 Å². The van der Waals surface area contributed by atoms with E-state index in [1.54, 1.807) is 6.92 Å². The number of hydrogen-bond acceptors (Lipinski definition) is 2. The van der Waals surface area contributed by atoms with Crippen LogP contribution in [0.2, 0.25) is 0 Å². The number of ether oxygens (including phenoxy) is 1. The minimum absolute atomic E-state index is 0.109. The van der Waals surface area contributed by atoms with Gasteiger partial charge in [0.25, 0.3) is 0 Å². The molecule has 0 amide bonds. The highest BCUT2D eigenvalue weighted by atomic mass is 16.5. The molecule has 0 saturated heterocycles. The van der Waals surface area contributed by atoms with E-state index >= 15 is 0 Å². The summed E-state index contributed by atoms with van der Waals surface area (Å²) >= 11 is 0. The molecule has 0 radical (unpaired) electrons. The van der Waals surface area contributed by atoms with Crippen LogP contribution in [0.5, 0.6) is 0 Å². The summed E-state index contributed by atoms with van der Waals surface area (Å²) in [5.74, 6) is 0.153. The van der Waals surface area contributed by atoms with Gasteiger partial charge in [0.15, 0.2) is 0 Å². The van der Waals surface area contributed by atoms with Crippen molar-refractivity contribution >= 4 is 5.78 Å². The summed E-state index contributed by atoms with van der Waals surface area (Å²) in [6.07, 6.45) is 0.345. The van der Waals surface area contributed by atoms with Crippen LogP contribution in [-0.2, 0) is 9.53 Å². The van der Waals surface area contributed by atoms with Gasteiger partial charge in [-0.15, -0.1) is 0 Å². The lowest BCUT2D eigenvalue weighted by Crippen LogP contribution is -2.09. The van der Waals surface area contributed by atoms with Crippen molar-refractivity contribution < 1.29 is 9.53 Å². The smallest absolute Gasteiger partial charge is 0.132 e. The fraction of sp³-hybridized carbons (Fsp3) is 0.235. The maximum Gasteiger partial charge on any atom is 0.132 e. The Morgan fingerprint density at radius 1 is 0.947 bits per heavy atom. The molecule has 98 valence electrons. The molecule has 0 heterocycles. The van der Waals surface area contributed by atoms with Crippen LogP contribution in [0.3, 0.4) is 0 Å². The minimum Gasteiger partial charge on any atom is -0.368 e. The molecule has 0 aromatic heterocycles.